The molecular weight excluding hydrogens is 460 g/mol. The Bertz CT molecular complexity index is 1300. The van der Waals surface area contributed by atoms with Crippen LogP contribution >= 0.6 is 11.6 Å². The van der Waals surface area contributed by atoms with Crippen molar-refractivity contribution in [2.24, 2.45) is 0 Å². The van der Waals surface area contributed by atoms with Gasteiger partial charge in [-0.15, -0.1) is 0 Å². The SMILES string of the molecule is COc1ccc(S(=O)(=O)N2CCCc3cc(NC(=O)/C=C/c4ccccc4Cl)ccc32)cc1. The molecule has 0 aliphatic carbocycles. The lowest BCUT2D eigenvalue weighted by Crippen LogP contribution is -2.35. The first-order valence-corrected chi connectivity index (χ1v) is 12.2. The molecule has 0 radical (unpaired) electrons. The lowest BCUT2D eigenvalue weighted by Gasteiger charge is -2.31. The molecule has 1 aliphatic heterocycles. The van der Waals surface area contributed by atoms with Gasteiger partial charge in [0.1, 0.15) is 5.75 Å². The van der Waals surface area contributed by atoms with Gasteiger partial charge in [-0.05, 0) is 78.6 Å². The summed E-state index contributed by atoms with van der Waals surface area (Å²) >= 11 is 6.11. The lowest BCUT2D eigenvalue weighted by atomic mass is 10.0. The van der Waals surface area contributed by atoms with Crippen LogP contribution in [0.4, 0.5) is 11.4 Å². The van der Waals surface area contributed by atoms with E-state index in [0.717, 1.165) is 17.5 Å². The van der Waals surface area contributed by atoms with Crippen molar-refractivity contribution < 1.29 is 17.9 Å². The van der Waals surface area contributed by atoms with Crippen molar-refractivity contribution in [1.82, 2.24) is 0 Å². The highest BCUT2D eigenvalue weighted by molar-refractivity contribution is 7.92. The van der Waals surface area contributed by atoms with E-state index in [4.69, 9.17) is 16.3 Å². The van der Waals surface area contributed by atoms with E-state index in [9.17, 15) is 13.2 Å². The number of rotatable bonds is 6. The summed E-state index contributed by atoms with van der Waals surface area (Å²) in [6, 6.07) is 18.9. The van der Waals surface area contributed by atoms with Crippen LogP contribution in [0, 0.1) is 0 Å². The van der Waals surface area contributed by atoms with Crippen molar-refractivity contribution in [1.29, 1.82) is 0 Å². The molecule has 0 bridgehead atoms. The topological polar surface area (TPSA) is 75.7 Å². The number of halogens is 1. The number of methoxy groups -OCH3 is 1. The minimum atomic E-state index is -3.71. The van der Waals surface area contributed by atoms with E-state index in [1.54, 1.807) is 48.5 Å². The van der Waals surface area contributed by atoms with Gasteiger partial charge in [-0.1, -0.05) is 29.8 Å². The summed E-state index contributed by atoms with van der Waals surface area (Å²) in [5.74, 6) is 0.297. The monoisotopic (exact) mass is 482 g/mol. The Hall–Kier alpha value is -3.29. The molecular formula is C25H23ClN2O4S. The molecule has 3 aromatic rings. The highest BCUT2D eigenvalue weighted by atomic mass is 35.5. The number of hydrogen-bond acceptors (Lipinski definition) is 4. The summed E-state index contributed by atoms with van der Waals surface area (Å²) in [6.45, 7) is 0.396. The largest absolute Gasteiger partial charge is 0.497 e. The summed E-state index contributed by atoms with van der Waals surface area (Å²) in [4.78, 5) is 12.6. The Kier molecular flexibility index (Phi) is 6.72. The molecule has 0 spiro atoms. The van der Waals surface area contributed by atoms with E-state index in [1.165, 1.54) is 17.5 Å². The quantitative estimate of drug-likeness (QED) is 0.493. The molecule has 0 saturated heterocycles. The summed E-state index contributed by atoms with van der Waals surface area (Å²) in [6.07, 6.45) is 4.48. The van der Waals surface area contributed by atoms with Crippen LogP contribution in [0.25, 0.3) is 6.08 Å². The van der Waals surface area contributed by atoms with Crippen LogP contribution in [-0.2, 0) is 21.2 Å². The number of anilines is 2. The number of aryl methyl sites for hydroxylation is 1. The highest BCUT2D eigenvalue weighted by Gasteiger charge is 2.29. The van der Waals surface area contributed by atoms with Crippen LogP contribution in [-0.4, -0.2) is 28.0 Å². The number of benzene rings is 3. The first-order chi connectivity index (χ1) is 15.9. The fourth-order valence-electron chi connectivity index (χ4n) is 3.72. The molecule has 0 aromatic heterocycles. The second kappa shape index (κ2) is 9.68. The molecule has 1 aliphatic rings. The number of hydrogen-bond donors (Lipinski definition) is 1. The molecule has 170 valence electrons. The van der Waals surface area contributed by atoms with Gasteiger partial charge >= 0.3 is 0 Å². The Balaban J connectivity index is 1.53. The van der Waals surface area contributed by atoms with Crippen molar-refractivity contribution in [3.05, 3.63) is 89.0 Å². The summed E-state index contributed by atoms with van der Waals surface area (Å²) in [5, 5.41) is 3.39. The average molecular weight is 483 g/mol. The Labute approximate surface area is 198 Å². The van der Waals surface area contributed by atoms with Gasteiger partial charge < -0.3 is 10.1 Å². The Morgan fingerprint density at radius 2 is 1.85 bits per heavy atom. The molecule has 0 fully saturated rings. The van der Waals surface area contributed by atoms with E-state index in [1.807, 2.05) is 24.3 Å². The molecule has 4 rings (SSSR count). The Morgan fingerprint density at radius 1 is 1.09 bits per heavy atom. The van der Waals surface area contributed by atoms with Crippen molar-refractivity contribution in [3.8, 4) is 5.75 Å². The number of ether oxygens (including phenoxy) is 1. The predicted molar refractivity (Wildman–Crippen MR) is 131 cm³/mol. The van der Waals surface area contributed by atoms with Gasteiger partial charge in [0.15, 0.2) is 0 Å². The number of carbonyl (C=O) groups excluding carboxylic acids is 1. The Morgan fingerprint density at radius 3 is 2.58 bits per heavy atom. The summed E-state index contributed by atoms with van der Waals surface area (Å²) in [5.41, 5.74) is 2.85. The van der Waals surface area contributed by atoms with Gasteiger partial charge in [-0.3, -0.25) is 9.10 Å². The first kappa shape index (κ1) is 22.9. The average Bonchev–Trinajstić information content (AvgIpc) is 2.83. The smallest absolute Gasteiger partial charge is 0.264 e. The van der Waals surface area contributed by atoms with Crippen molar-refractivity contribution in [3.63, 3.8) is 0 Å². The zero-order valence-electron chi connectivity index (χ0n) is 18.0. The third-order valence-corrected chi connectivity index (χ3v) is 7.56. The van der Waals surface area contributed by atoms with Gasteiger partial charge in [0.25, 0.3) is 10.0 Å². The van der Waals surface area contributed by atoms with Crippen molar-refractivity contribution in [2.45, 2.75) is 17.7 Å². The molecule has 3 aromatic carbocycles. The van der Waals surface area contributed by atoms with E-state index >= 15 is 0 Å². The predicted octanol–water partition coefficient (Wildman–Crippen LogP) is 5.14. The molecule has 0 unspecified atom stereocenters. The van der Waals surface area contributed by atoms with Gasteiger partial charge in [-0.25, -0.2) is 8.42 Å². The second-order valence-electron chi connectivity index (χ2n) is 7.54. The second-order valence-corrected chi connectivity index (χ2v) is 9.81. The lowest BCUT2D eigenvalue weighted by molar-refractivity contribution is -0.111. The zero-order valence-corrected chi connectivity index (χ0v) is 19.6. The van der Waals surface area contributed by atoms with E-state index in [-0.39, 0.29) is 10.8 Å². The maximum Gasteiger partial charge on any atom is 0.264 e. The standard InChI is InChI=1S/C25H23ClN2O4S/c1-32-21-10-12-22(13-11-21)33(30,31)28-16-4-6-19-17-20(9-14-24(19)28)27-25(29)15-8-18-5-2-3-7-23(18)26/h2-3,5,7-15,17H,4,6,16H2,1H3,(H,27,29)/b15-8+. The first-order valence-electron chi connectivity index (χ1n) is 10.4. The minimum absolute atomic E-state index is 0.207. The molecule has 1 heterocycles. The van der Waals surface area contributed by atoms with Crippen LogP contribution < -0.4 is 14.4 Å². The molecule has 1 amide bonds. The summed E-state index contributed by atoms with van der Waals surface area (Å²) in [7, 11) is -2.18. The van der Waals surface area contributed by atoms with Crippen LogP contribution in [0.1, 0.15) is 17.5 Å². The summed E-state index contributed by atoms with van der Waals surface area (Å²) < 4.78 is 33.1. The van der Waals surface area contributed by atoms with Gasteiger partial charge in [0.05, 0.1) is 17.7 Å². The van der Waals surface area contributed by atoms with Gasteiger partial charge in [0.2, 0.25) is 5.91 Å². The van der Waals surface area contributed by atoms with E-state index in [2.05, 4.69) is 5.32 Å². The number of nitrogens with one attached hydrogen (secondary N) is 1. The maximum absolute atomic E-state index is 13.3. The van der Waals surface area contributed by atoms with Crippen molar-refractivity contribution in [2.75, 3.05) is 23.3 Å². The molecule has 8 heteroatoms. The molecule has 1 N–H and O–H groups in total. The molecule has 6 nitrogen and oxygen atoms in total. The number of amides is 1. The third kappa shape index (κ3) is 5.05. The highest BCUT2D eigenvalue weighted by Crippen LogP contribution is 2.34. The van der Waals surface area contributed by atoms with Gasteiger partial charge in [-0.2, -0.15) is 0 Å². The van der Waals surface area contributed by atoms with E-state index in [0.29, 0.717) is 35.1 Å². The third-order valence-electron chi connectivity index (χ3n) is 5.39. The maximum atomic E-state index is 13.3. The van der Waals surface area contributed by atoms with Crippen molar-refractivity contribution >= 4 is 45.0 Å². The van der Waals surface area contributed by atoms with Crippen LogP contribution in [0.2, 0.25) is 5.02 Å². The zero-order chi connectivity index (χ0) is 23.4. The van der Waals surface area contributed by atoms with E-state index < -0.39 is 10.0 Å². The van der Waals surface area contributed by atoms with Crippen LogP contribution in [0.15, 0.2) is 77.7 Å². The molecule has 0 saturated carbocycles. The van der Waals surface area contributed by atoms with Crippen LogP contribution in [0.3, 0.4) is 0 Å². The minimum Gasteiger partial charge on any atom is -0.497 e. The number of fused-ring (bicyclic) bond motifs is 1. The number of sulfonamides is 1. The number of carbonyl (C=O) groups is 1. The fourth-order valence-corrected chi connectivity index (χ4v) is 5.46. The molecule has 0 atom stereocenters. The van der Waals surface area contributed by atoms with Crippen LogP contribution in [0.5, 0.6) is 5.75 Å². The van der Waals surface area contributed by atoms with Gasteiger partial charge in [0, 0.05) is 23.3 Å². The fraction of sp³-hybridized carbons (Fsp3) is 0.160. The normalized spacial score (nSPS) is 13.6. The number of nitrogens with zero attached hydrogens (tertiary/aromatic N) is 1. The molecule has 33 heavy (non-hydrogen) atoms.